The van der Waals surface area contributed by atoms with Crippen molar-refractivity contribution in [3.63, 3.8) is 0 Å². The van der Waals surface area contributed by atoms with E-state index < -0.39 is 0 Å². The predicted molar refractivity (Wildman–Crippen MR) is 87.5 cm³/mol. The van der Waals surface area contributed by atoms with E-state index >= 15 is 0 Å². The quantitative estimate of drug-likeness (QED) is 0.665. The Morgan fingerprint density at radius 2 is 1.90 bits per heavy atom. The minimum absolute atomic E-state index is 0.441. The molecule has 0 radical (unpaired) electrons. The van der Waals surface area contributed by atoms with Gasteiger partial charge in [0.25, 0.3) is 0 Å². The van der Waals surface area contributed by atoms with Gasteiger partial charge in [-0.3, -0.25) is 4.90 Å². The molecule has 21 heavy (non-hydrogen) atoms. The Kier molecular flexibility index (Phi) is 2.49. The Labute approximate surface area is 128 Å². The molecule has 3 heteroatoms. The predicted octanol–water partition coefficient (Wildman–Crippen LogP) is 4.33. The van der Waals surface area contributed by atoms with Crippen molar-refractivity contribution in [3.8, 4) is 0 Å². The molecule has 1 unspecified atom stereocenters. The molecule has 0 aliphatic carbocycles. The molecule has 3 aromatic rings. The van der Waals surface area contributed by atoms with Gasteiger partial charge in [0.05, 0.1) is 0 Å². The zero-order chi connectivity index (χ0) is 13.8. The number of fused-ring (bicyclic) bond motifs is 6. The van der Waals surface area contributed by atoms with Crippen molar-refractivity contribution in [1.82, 2.24) is 9.88 Å². The summed E-state index contributed by atoms with van der Waals surface area (Å²) in [5.74, 6) is 0. The van der Waals surface area contributed by atoms with Gasteiger partial charge in [0.1, 0.15) is 5.37 Å². The number of benzene rings is 2. The van der Waals surface area contributed by atoms with E-state index in [1.165, 1.54) is 32.6 Å². The Hall–Kier alpha value is -1.71. The molecule has 0 spiro atoms. The van der Waals surface area contributed by atoms with Crippen LogP contribution in [0.4, 0.5) is 0 Å². The first-order valence-corrected chi connectivity index (χ1v) is 8.36. The highest BCUT2D eigenvalue weighted by molar-refractivity contribution is 7.99. The summed E-state index contributed by atoms with van der Waals surface area (Å²) in [4.78, 5) is 7.72. The van der Waals surface area contributed by atoms with Crippen LogP contribution in [0.2, 0.25) is 0 Å². The summed E-state index contributed by atoms with van der Waals surface area (Å²) in [7, 11) is 0. The second kappa shape index (κ2) is 4.39. The molecule has 2 nitrogen and oxygen atoms in total. The van der Waals surface area contributed by atoms with Crippen LogP contribution in [0, 0.1) is 0 Å². The first-order chi connectivity index (χ1) is 10.4. The number of hydrogen-bond donors (Lipinski definition) is 1. The second-order valence-corrected chi connectivity index (χ2v) is 6.98. The van der Waals surface area contributed by atoms with Crippen molar-refractivity contribution < 1.29 is 0 Å². The first-order valence-electron chi connectivity index (χ1n) is 7.48. The maximum atomic E-state index is 3.68. The van der Waals surface area contributed by atoms with Crippen molar-refractivity contribution in [1.29, 1.82) is 0 Å². The molecule has 104 valence electrons. The molecule has 0 bridgehead atoms. The van der Waals surface area contributed by atoms with Gasteiger partial charge in [-0.15, -0.1) is 11.8 Å². The lowest BCUT2D eigenvalue weighted by atomic mass is 10.0. The minimum atomic E-state index is 0.441. The average Bonchev–Trinajstić information content (AvgIpc) is 2.92. The van der Waals surface area contributed by atoms with Gasteiger partial charge < -0.3 is 4.98 Å². The maximum Gasteiger partial charge on any atom is 0.102 e. The summed E-state index contributed by atoms with van der Waals surface area (Å²) in [5, 5.41) is 1.85. The number of H-pyrrole nitrogens is 1. The van der Waals surface area contributed by atoms with E-state index in [-0.39, 0.29) is 0 Å². The van der Waals surface area contributed by atoms with Gasteiger partial charge in [-0.25, -0.2) is 0 Å². The largest absolute Gasteiger partial charge is 0.356 e. The Bertz CT molecular complexity index is 836. The summed E-state index contributed by atoms with van der Waals surface area (Å²) < 4.78 is 0. The number of aromatic nitrogens is 1. The Balaban J connectivity index is 1.66. The fraction of sp³-hybridized carbons (Fsp3) is 0.222. The van der Waals surface area contributed by atoms with E-state index in [1.807, 2.05) is 11.8 Å². The zero-order valence-corrected chi connectivity index (χ0v) is 12.5. The third-order valence-electron chi connectivity index (χ3n) is 4.66. The number of nitrogens with one attached hydrogen (secondary N) is 1. The molecule has 0 saturated carbocycles. The number of rotatable bonds is 0. The van der Waals surface area contributed by atoms with Gasteiger partial charge in [-0.1, -0.05) is 36.4 Å². The van der Waals surface area contributed by atoms with E-state index in [2.05, 4.69) is 58.4 Å². The molecule has 5 rings (SSSR count). The van der Waals surface area contributed by atoms with E-state index in [4.69, 9.17) is 0 Å². The van der Waals surface area contributed by atoms with Crippen LogP contribution in [0.1, 0.15) is 22.2 Å². The smallest absolute Gasteiger partial charge is 0.102 e. The van der Waals surface area contributed by atoms with Crippen molar-refractivity contribution in [2.45, 2.75) is 23.2 Å². The maximum absolute atomic E-state index is 3.68. The number of para-hydroxylation sites is 1. The van der Waals surface area contributed by atoms with Gasteiger partial charge in [0, 0.05) is 34.6 Å². The van der Waals surface area contributed by atoms with Crippen molar-refractivity contribution in [2.24, 2.45) is 0 Å². The van der Waals surface area contributed by atoms with Crippen LogP contribution in [0.25, 0.3) is 10.9 Å². The lowest BCUT2D eigenvalue weighted by molar-refractivity contribution is 0.228. The van der Waals surface area contributed by atoms with Crippen LogP contribution in [0.15, 0.2) is 53.4 Å². The number of hydrogen-bond acceptors (Lipinski definition) is 2. The van der Waals surface area contributed by atoms with Crippen LogP contribution < -0.4 is 0 Å². The first kappa shape index (κ1) is 11.9. The Morgan fingerprint density at radius 1 is 1.05 bits per heavy atom. The van der Waals surface area contributed by atoms with E-state index in [1.54, 1.807) is 0 Å². The topological polar surface area (TPSA) is 19.0 Å². The summed E-state index contributed by atoms with van der Waals surface area (Å²) >= 11 is 1.99. The number of thioether (sulfide) groups is 1. The molecular weight excluding hydrogens is 276 g/mol. The average molecular weight is 292 g/mol. The van der Waals surface area contributed by atoms with Gasteiger partial charge in [0.15, 0.2) is 0 Å². The summed E-state index contributed by atoms with van der Waals surface area (Å²) in [6, 6.07) is 17.5. The zero-order valence-electron chi connectivity index (χ0n) is 11.7. The van der Waals surface area contributed by atoms with Crippen LogP contribution in [-0.4, -0.2) is 16.4 Å². The molecule has 2 aromatic carbocycles. The molecule has 2 aliphatic heterocycles. The lowest BCUT2D eigenvalue weighted by Gasteiger charge is -2.39. The lowest BCUT2D eigenvalue weighted by Crippen LogP contribution is -2.35. The van der Waals surface area contributed by atoms with Crippen molar-refractivity contribution in [2.75, 3.05) is 6.54 Å². The third-order valence-corrected chi connectivity index (χ3v) is 6.07. The number of nitrogens with zero attached hydrogens (tertiary/aromatic N) is 1. The van der Waals surface area contributed by atoms with Crippen molar-refractivity contribution in [3.05, 3.63) is 65.4 Å². The van der Waals surface area contributed by atoms with Crippen LogP contribution >= 0.6 is 11.8 Å². The highest BCUT2D eigenvalue weighted by atomic mass is 32.2. The molecule has 3 heterocycles. The summed E-state index contributed by atoms with van der Waals surface area (Å²) in [5.41, 5.74) is 5.70. The monoisotopic (exact) mass is 292 g/mol. The molecule has 1 atom stereocenters. The fourth-order valence-electron chi connectivity index (χ4n) is 3.64. The highest BCUT2D eigenvalue weighted by Crippen LogP contribution is 2.48. The van der Waals surface area contributed by atoms with Gasteiger partial charge >= 0.3 is 0 Å². The Morgan fingerprint density at radius 3 is 2.90 bits per heavy atom. The second-order valence-electron chi connectivity index (χ2n) is 5.86. The fourth-order valence-corrected chi connectivity index (χ4v) is 4.97. The van der Waals surface area contributed by atoms with Gasteiger partial charge in [-0.05, 0) is 29.7 Å². The molecule has 0 fully saturated rings. The molecule has 2 aliphatic rings. The highest BCUT2D eigenvalue weighted by Gasteiger charge is 2.34. The van der Waals surface area contributed by atoms with E-state index in [0.29, 0.717) is 5.37 Å². The standard InChI is InChI=1S/C18H16N2S/c1-4-8-16-12(5-1)11-20-10-9-14-13-6-2-3-7-15(13)19-17(14)18(20)21-16/h1-8,18-19H,9-11H2. The van der Waals surface area contributed by atoms with Crippen LogP contribution in [-0.2, 0) is 13.0 Å². The SMILES string of the molecule is c1ccc2c(c1)CN1CCc3c([nH]c4ccccc34)C1S2. The molecule has 1 N–H and O–H groups in total. The summed E-state index contributed by atoms with van der Waals surface area (Å²) in [6.07, 6.45) is 1.15. The molecule has 0 saturated heterocycles. The van der Waals surface area contributed by atoms with Crippen LogP contribution in [0.3, 0.4) is 0 Å². The van der Waals surface area contributed by atoms with Crippen LogP contribution in [0.5, 0.6) is 0 Å². The van der Waals surface area contributed by atoms with Gasteiger partial charge in [-0.2, -0.15) is 0 Å². The van der Waals surface area contributed by atoms with Crippen molar-refractivity contribution >= 4 is 22.7 Å². The molecular formula is C18H16N2S. The van der Waals surface area contributed by atoms with E-state index in [9.17, 15) is 0 Å². The number of aromatic amines is 1. The van der Waals surface area contributed by atoms with E-state index in [0.717, 1.165) is 19.5 Å². The molecule has 0 amide bonds. The summed E-state index contributed by atoms with van der Waals surface area (Å²) in [6.45, 7) is 2.23. The molecule has 1 aromatic heterocycles. The van der Waals surface area contributed by atoms with Gasteiger partial charge in [0.2, 0.25) is 0 Å². The minimum Gasteiger partial charge on any atom is -0.356 e. The third kappa shape index (κ3) is 1.71. The normalized spacial score (nSPS) is 20.9.